The van der Waals surface area contributed by atoms with E-state index in [1.807, 2.05) is 18.9 Å². The van der Waals surface area contributed by atoms with Crippen LogP contribution in [0.2, 0.25) is 0 Å². The molecule has 2 aliphatic carbocycles. The van der Waals surface area contributed by atoms with Gasteiger partial charge in [-0.2, -0.15) is 0 Å². The van der Waals surface area contributed by atoms with Gasteiger partial charge in [-0.3, -0.25) is 4.79 Å². The van der Waals surface area contributed by atoms with Crippen LogP contribution < -0.4 is 4.90 Å². The van der Waals surface area contributed by atoms with E-state index in [0.717, 1.165) is 12.0 Å². The van der Waals surface area contributed by atoms with Crippen molar-refractivity contribution < 1.29 is 41.6 Å². The van der Waals surface area contributed by atoms with Gasteiger partial charge in [0, 0.05) is 36.3 Å². The van der Waals surface area contributed by atoms with Gasteiger partial charge in [-0.1, -0.05) is 23.5 Å². The summed E-state index contributed by atoms with van der Waals surface area (Å²) in [7, 11) is 0. The molecule has 1 amide bonds. The number of carbonyl (C=O) groups excluding carboxylic acids is 1. The highest BCUT2D eigenvalue weighted by atomic mass is 32.1. The monoisotopic (exact) mass is 552 g/mol. The van der Waals surface area contributed by atoms with Crippen LogP contribution in [0.3, 0.4) is 0 Å². The molecular weight excluding hydrogens is 502 g/mol. The van der Waals surface area contributed by atoms with Crippen molar-refractivity contribution in [2.75, 3.05) is 24.7 Å². The molecule has 8 heteroatoms. The fraction of sp³-hybridized carbons (Fsp3) is 0.667. The Bertz CT molecular complexity index is 1370. The molecule has 0 unspecified atom stereocenters. The molecule has 38 heavy (non-hydrogen) atoms. The van der Waals surface area contributed by atoms with E-state index in [9.17, 15) is 19.8 Å². The minimum Gasteiger partial charge on any atom is -0.477 e. The highest BCUT2D eigenvalue weighted by Crippen LogP contribution is 2.40. The first-order valence-corrected chi connectivity index (χ1v) is 13.8. The minimum absolute atomic E-state index is 0.0140. The van der Waals surface area contributed by atoms with Crippen molar-refractivity contribution in [3.63, 3.8) is 0 Å². The Kier molecular flexibility index (Phi) is 5.95. The molecule has 3 aliphatic rings. The fourth-order valence-corrected chi connectivity index (χ4v) is 6.11. The number of thiophene rings is 1. The first kappa shape index (κ1) is 19.0. The third-order valence-electron chi connectivity index (χ3n) is 7.49. The maximum Gasteiger partial charge on any atom is 0.348 e. The van der Waals surface area contributed by atoms with Crippen LogP contribution >= 0.6 is 11.3 Å². The van der Waals surface area contributed by atoms with Crippen LogP contribution in [-0.2, 0) is 14.3 Å². The summed E-state index contributed by atoms with van der Waals surface area (Å²) in [5, 5.41) is 21.5. The largest absolute Gasteiger partial charge is 0.477 e. The van der Waals surface area contributed by atoms with E-state index in [1.54, 1.807) is 0 Å². The lowest BCUT2D eigenvalue weighted by Crippen LogP contribution is -2.50. The van der Waals surface area contributed by atoms with Gasteiger partial charge in [0.2, 0.25) is 5.91 Å². The summed E-state index contributed by atoms with van der Waals surface area (Å²) in [5.41, 5.74) is -3.39. The summed E-state index contributed by atoms with van der Waals surface area (Å²) < 4.78 is 81.9. The Morgan fingerprint density at radius 3 is 2.66 bits per heavy atom. The zero-order valence-electron chi connectivity index (χ0n) is 30.5. The first-order chi connectivity index (χ1) is 21.7. The van der Waals surface area contributed by atoms with E-state index < -0.39 is 49.5 Å². The number of hydrogen-bond donors (Lipinski definition) is 2. The van der Waals surface area contributed by atoms with Crippen LogP contribution in [0.15, 0.2) is 17.7 Å². The summed E-state index contributed by atoms with van der Waals surface area (Å²) in [6.45, 7) is -7.50. The van der Waals surface area contributed by atoms with Crippen molar-refractivity contribution >= 4 is 28.9 Å². The molecular formula is C30H41NO6S. The number of rotatable bonds is 7. The van der Waals surface area contributed by atoms with Gasteiger partial charge >= 0.3 is 5.97 Å². The smallest absolute Gasteiger partial charge is 0.348 e. The fourth-order valence-electron chi connectivity index (χ4n) is 5.27. The third-order valence-corrected chi connectivity index (χ3v) is 8.52. The molecule has 2 heterocycles. The van der Waals surface area contributed by atoms with Crippen LogP contribution in [-0.4, -0.2) is 59.7 Å². The van der Waals surface area contributed by atoms with Crippen molar-refractivity contribution in [1.29, 1.82) is 0 Å². The summed E-state index contributed by atoms with van der Waals surface area (Å²) in [6, 6.07) is 0.792. The Labute approximate surface area is 242 Å². The van der Waals surface area contributed by atoms with Crippen LogP contribution in [0.5, 0.6) is 0 Å². The predicted octanol–water partition coefficient (Wildman–Crippen LogP) is 5.40. The summed E-state index contributed by atoms with van der Waals surface area (Å²) in [4.78, 5) is 27.8. The third kappa shape index (κ3) is 7.26. The molecule has 208 valence electrons. The molecule has 1 aromatic heterocycles. The standard InChI is InChI=1S/C30H41NO6S/c1-20-5-7-21(8-6-20)27(32)31(25-17-24(11-13-29(2,3)4)38-26(25)28(33)34)22-9-14-30(35,15-10-22)19-37-23-12-16-36-18-23/h5,17,21-23,35H,6-10,12,14-16,18-19H2,1-4H3,(H,33,34)/t21-,22?,23-,30?/m0/s1/i2D3,3D3,4D3. The molecule has 1 saturated carbocycles. The van der Waals surface area contributed by atoms with E-state index in [-0.39, 0.29) is 46.9 Å². The van der Waals surface area contributed by atoms with Gasteiger partial charge in [0.05, 0.1) is 35.5 Å². The molecule has 4 rings (SSSR count). The van der Waals surface area contributed by atoms with Gasteiger partial charge in [-0.15, -0.1) is 11.3 Å². The van der Waals surface area contributed by atoms with Gasteiger partial charge in [0.15, 0.2) is 0 Å². The number of hydrogen-bond acceptors (Lipinski definition) is 6. The number of aromatic carboxylic acids is 1. The molecule has 7 nitrogen and oxygen atoms in total. The lowest BCUT2D eigenvalue weighted by Gasteiger charge is -2.42. The van der Waals surface area contributed by atoms with Crippen molar-refractivity contribution in [2.24, 2.45) is 11.3 Å². The number of amides is 1. The quantitative estimate of drug-likeness (QED) is 0.347. The molecule has 0 bridgehead atoms. The van der Waals surface area contributed by atoms with Crippen molar-refractivity contribution in [3.8, 4) is 11.8 Å². The number of aliphatic hydroxyl groups is 1. The zero-order valence-corrected chi connectivity index (χ0v) is 22.4. The Morgan fingerprint density at radius 1 is 1.29 bits per heavy atom. The molecule has 1 saturated heterocycles. The van der Waals surface area contributed by atoms with E-state index in [1.165, 1.54) is 11.0 Å². The highest BCUT2D eigenvalue weighted by molar-refractivity contribution is 7.15. The van der Waals surface area contributed by atoms with Gasteiger partial charge in [-0.05, 0) is 84.9 Å². The molecule has 2 N–H and O–H groups in total. The van der Waals surface area contributed by atoms with E-state index >= 15 is 0 Å². The molecule has 1 aliphatic heterocycles. The van der Waals surface area contributed by atoms with Gasteiger partial charge in [-0.25, -0.2) is 4.79 Å². The van der Waals surface area contributed by atoms with Crippen LogP contribution in [0.25, 0.3) is 0 Å². The van der Waals surface area contributed by atoms with Crippen molar-refractivity contribution in [1.82, 2.24) is 0 Å². The molecule has 1 aromatic rings. The van der Waals surface area contributed by atoms with E-state index in [4.69, 9.17) is 21.8 Å². The average molecular weight is 553 g/mol. The van der Waals surface area contributed by atoms with Crippen molar-refractivity contribution in [2.45, 2.75) is 96.6 Å². The maximum absolute atomic E-state index is 14.2. The highest BCUT2D eigenvalue weighted by Gasteiger charge is 2.41. The van der Waals surface area contributed by atoms with Crippen LogP contribution in [0.1, 0.15) is 106 Å². The zero-order chi connectivity index (χ0) is 35.0. The Hall–Kier alpha value is -2.18. The normalized spacial score (nSPS) is 32.3. The second kappa shape index (κ2) is 11.9. The lowest BCUT2D eigenvalue weighted by atomic mass is 9.81. The van der Waals surface area contributed by atoms with E-state index in [0.29, 0.717) is 56.7 Å². The lowest BCUT2D eigenvalue weighted by molar-refractivity contribution is -0.124. The number of allylic oxidation sites excluding steroid dienone is 2. The topological polar surface area (TPSA) is 96.3 Å². The summed E-state index contributed by atoms with van der Waals surface area (Å²) >= 11 is 0.608. The van der Waals surface area contributed by atoms with Gasteiger partial charge in [0.25, 0.3) is 0 Å². The van der Waals surface area contributed by atoms with E-state index in [2.05, 4.69) is 5.92 Å². The average Bonchev–Trinajstić information content (AvgIpc) is 3.62. The van der Waals surface area contributed by atoms with Crippen LogP contribution in [0.4, 0.5) is 5.69 Å². The number of anilines is 1. The summed E-state index contributed by atoms with van der Waals surface area (Å²) in [6.07, 6.45) is 5.60. The second-order valence-corrected chi connectivity index (χ2v) is 11.7. The van der Waals surface area contributed by atoms with Gasteiger partial charge in [0.1, 0.15) is 4.88 Å². The van der Waals surface area contributed by atoms with Gasteiger partial charge < -0.3 is 24.6 Å². The molecule has 0 radical (unpaired) electrons. The number of ether oxygens (including phenoxy) is 2. The number of carbonyl (C=O) groups is 2. The predicted molar refractivity (Wildman–Crippen MR) is 149 cm³/mol. The molecule has 0 spiro atoms. The Balaban J connectivity index is 1.73. The first-order valence-electron chi connectivity index (χ1n) is 17.5. The SMILES string of the molecule is [2H]C([2H])([2H])C(C#Cc1cc(N(C(=O)[C@H]2CC=C(C)CC2)C2CCC(O)(CO[C@H]3CCOC3)CC2)c(C(=O)O)s1)(C([2H])([2H])[2H])C([2H])([2H])[2H]. The summed E-state index contributed by atoms with van der Waals surface area (Å²) in [5.74, 6) is 2.27. The minimum atomic E-state index is -3.55. The second-order valence-electron chi connectivity index (χ2n) is 10.6. The molecule has 0 aromatic carbocycles. The van der Waals surface area contributed by atoms with Crippen LogP contribution in [0, 0.1) is 23.2 Å². The number of nitrogens with zero attached hydrogens (tertiary/aromatic N) is 1. The molecule has 2 fully saturated rings. The Morgan fingerprint density at radius 2 is 2.05 bits per heavy atom. The number of carboxylic acids is 1. The number of carboxylic acid groups (broad SMARTS) is 1. The molecule has 2 atom stereocenters. The maximum atomic E-state index is 14.2. The van der Waals surface area contributed by atoms with Crippen molar-refractivity contribution in [3.05, 3.63) is 27.5 Å².